The zero-order valence-electron chi connectivity index (χ0n) is 9.15. The highest BCUT2D eigenvalue weighted by Gasteiger charge is 2.21. The van der Waals surface area contributed by atoms with E-state index in [1.54, 1.807) is 11.3 Å². The molecule has 2 aromatic rings. The summed E-state index contributed by atoms with van der Waals surface area (Å²) in [5.74, 6) is 0. The summed E-state index contributed by atoms with van der Waals surface area (Å²) < 4.78 is 8.44. The molecule has 0 saturated carbocycles. The zero-order chi connectivity index (χ0) is 11.9. The van der Waals surface area contributed by atoms with Crippen LogP contribution in [0.1, 0.15) is 20.8 Å². The van der Waals surface area contributed by atoms with Crippen LogP contribution in [0.5, 0.6) is 0 Å². The van der Waals surface area contributed by atoms with Gasteiger partial charge in [0.2, 0.25) is 0 Å². The van der Waals surface area contributed by atoms with Gasteiger partial charge in [-0.25, -0.2) is 4.79 Å². The van der Waals surface area contributed by atoms with Gasteiger partial charge in [0.05, 0.1) is 10.2 Å². The van der Waals surface area contributed by atoms with Crippen molar-refractivity contribution in [1.29, 1.82) is 0 Å². The lowest BCUT2D eigenvalue weighted by molar-refractivity contribution is 0.0522. The fraction of sp³-hybridized carbons (Fsp3) is 0.400. The molecule has 2 rings (SSSR count). The van der Waals surface area contributed by atoms with Crippen molar-refractivity contribution >= 4 is 50.2 Å². The Morgan fingerprint density at radius 2 is 2.25 bits per heavy atom. The van der Waals surface area contributed by atoms with Gasteiger partial charge in [0.15, 0.2) is 0 Å². The predicted molar refractivity (Wildman–Crippen MR) is 72.0 cm³/mol. The molecule has 2 heterocycles. The average Bonchev–Trinajstić information content (AvgIpc) is 2.66. The molecule has 0 amide bonds. The van der Waals surface area contributed by atoms with Crippen LogP contribution in [0.2, 0.25) is 0 Å². The second kappa shape index (κ2) is 3.99. The second-order valence-electron chi connectivity index (χ2n) is 4.32. The Bertz CT molecular complexity index is 538. The van der Waals surface area contributed by atoms with E-state index in [-0.39, 0.29) is 0 Å². The van der Waals surface area contributed by atoms with Gasteiger partial charge in [-0.2, -0.15) is 9.78 Å². The van der Waals surface area contributed by atoms with Gasteiger partial charge in [-0.05, 0) is 54.8 Å². The van der Waals surface area contributed by atoms with Gasteiger partial charge in [0.1, 0.15) is 9.30 Å². The number of ether oxygens (including phenoxy) is 1. The molecule has 0 radical (unpaired) electrons. The lowest BCUT2D eigenvalue weighted by atomic mass is 10.2. The smallest absolute Gasteiger partial charge is 0.435 e. The number of carbonyl (C=O) groups excluding carboxylic acids is 1. The molecular weight excluding hydrogens is 339 g/mol. The van der Waals surface area contributed by atoms with Crippen LogP contribution in [0.4, 0.5) is 4.79 Å². The molecule has 4 nitrogen and oxygen atoms in total. The molecule has 6 heteroatoms. The van der Waals surface area contributed by atoms with Gasteiger partial charge in [-0.3, -0.25) is 0 Å². The molecule has 0 aliphatic carbocycles. The molecule has 2 aromatic heterocycles. The molecule has 0 aliphatic rings. The van der Waals surface area contributed by atoms with Crippen molar-refractivity contribution in [2.45, 2.75) is 26.4 Å². The SMILES string of the molecule is CC(C)(C)OC(=O)n1nc(I)c2sccc21. The van der Waals surface area contributed by atoms with E-state index >= 15 is 0 Å². The second-order valence-corrected chi connectivity index (χ2v) is 6.26. The standard InChI is InChI=1S/C10H11IN2O2S/c1-10(2,3)15-9(14)13-6-4-5-16-7(6)8(11)12-13/h4-5H,1-3H3. The molecular formula is C10H11IN2O2S. The van der Waals surface area contributed by atoms with E-state index < -0.39 is 11.7 Å². The third kappa shape index (κ3) is 2.22. The number of rotatable bonds is 0. The van der Waals surface area contributed by atoms with Gasteiger partial charge in [0.25, 0.3) is 0 Å². The topological polar surface area (TPSA) is 44.1 Å². The fourth-order valence-electron chi connectivity index (χ4n) is 1.26. The van der Waals surface area contributed by atoms with E-state index in [4.69, 9.17) is 4.74 Å². The summed E-state index contributed by atoms with van der Waals surface area (Å²) in [6, 6.07) is 1.87. The maximum Gasteiger partial charge on any atom is 0.435 e. The zero-order valence-corrected chi connectivity index (χ0v) is 12.1. The highest BCUT2D eigenvalue weighted by Crippen LogP contribution is 2.26. The first kappa shape index (κ1) is 11.8. The largest absolute Gasteiger partial charge is 0.442 e. The lowest BCUT2D eigenvalue weighted by Crippen LogP contribution is -2.27. The first-order chi connectivity index (χ1) is 7.38. The van der Waals surface area contributed by atoms with E-state index in [0.29, 0.717) is 0 Å². The molecule has 0 fully saturated rings. The molecule has 0 N–H and O–H groups in total. The summed E-state index contributed by atoms with van der Waals surface area (Å²) in [7, 11) is 0. The van der Waals surface area contributed by atoms with Crippen molar-refractivity contribution in [2.75, 3.05) is 0 Å². The Kier molecular flexibility index (Phi) is 2.95. The Balaban J connectivity index is 2.40. The predicted octanol–water partition coefficient (Wildman–Crippen LogP) is 3.49. The molecule has 0 atom stereocenters. The summed E-state index contributed by atoms with van der Waals surface area (Å²) >= 11 is 3.69. The molecule has 16 heavy (non-hydrogen) atoms. The van der Waals surface area contributed by atoms with Crippen molar-refractivity contribution < 1.29 is 9.53 Å². The fourth-order valence-corrected chi connectivity index (χ4v) is 2.87. The number of nitrogens with zero attached hydrogens (tertiary/aromatic N) is 2. The Morgan fingerprint density at radius 1 is 1.56 bits per heavy atom. The van der Waals surface area contributed by atoms with E-state index in [0.717, 1.165) is 13.9 Å². The van der Waals surface area contributed by atoms with Gasteiger partial charge in [0, 0.05) is 0 Å². The first-order valence-electron chi connectivity index (χ1n) is 4.73. The quantitative estimate of drug-likeness (QED) is 0.684. The normalized spacial score (nSPS) is 12.0. The highest BCUT2D eigenvalue weighted by molar-refractivity contribution is 14.1. The van der Waals surface area contributed by atoms with Gasteiger partial charge < -0.3 is 4.74 Å². The van der Waals surface area contributed by atoms with Gasteiger partial charge in [-0.15, -0.1) is 11.3 Å². The average molecular weight is 350 g/mol. The molecule has 0 unspecified atom stereocenters. The molecule has 86 valence electrons. The Labute approximate surface area is 111 Å². The molecule has 0 aliphatic heterocycles. The van der Waals surface area contributed by atoms with Crippen molar-refractivity contribution in [3.05, 3.63) is 15.1 Å². The number of hydrogen-bond donors (Lipinski definition) is 0. The van der Waals surface area contributed by atoms with Crippen LogP contribution in [0.25, 0.3) is 10.2 Å². The molecule has 0 bridgehead atoms. The lowest BCUT2D eigenvalue weighted by Gasteiger charge is -2.18. The van der Waals surface area contributed by atoms with E-state index in [1.165, 1.54) is 4.68 Å². The van der Waals surface area contributed by atoms with E-state index in [1.807, 2.05) is 32.2 Å². The summed E-state index contributed by atoms with van der Waals surface area (Å²) in [4.78, 5) is 11.9. The maximum atomic E-state index is 11.9. The van der Waals surface area contributed by atoms with Crippen LogP contribution in [0.3, 0.4) is 0 Å². The van der Waals surface area contributed by atoms with Crippen LogP contribution < -0.4 is 0 Å². The summed E-state index contributed by atoms with van der Waals surface area (Å²) in [6.07, 6.45) is -0.432. The number of halogens is 1. The van der Waals surface area contributed by atoms with Crippen LogP contribution in [0, 0.1) is 3.70 Å². The van der Waals surface area contributed by atoms with Crippen LogP contribution in [-0.2, 0) is 4.74 Å². The Morgan fingerprint density at radius 3 is 2.88 bits per heavy atom. The number of hydrogen-bond acceptors (Lipinski definition) is 4. The summed E-state index contributed by atoms with van der Waals surface area (Å²) in [6.45, 7) is 5.51. The molecule has 0 aromatic carbocycles. The van der Waals surface area contributed by atoms with Gasteiger partial charge >= 0.3 is 6.09 Å². The number of aromatic nitrogens is 2. The van der Waals surface area contributed by atoms with Crippen molar-refractivity contribution in [3.63, 3.8) is 0 Å². The minimum absolute atomic E-state index is 0.432. The van der Waals surface area contributed by atoms with Crippen molar-refractivity contribution in [3.8, 4) is 0 Å². The minimum atomic E-state index is -0.503. The highest BCUT2D eigenvalue weighted by atomic mass is 127. The van der Waals surface area contributed by atoms with Crippen LogP contribution in [-0.4, -0.2) is 21.5 Å². The van der Waals surface area contributed by atoms with Crippen LogP contribution in [0.15, 0.2) is 11.4 Å². The van der Waals surface area contributed by atoms with Crippen LogP contribution >= 0.6 is 33.9 Å². The third-order valence-electron chi connectivity index (χ3n) is 1.81. The molecule has 0 saturated heterocycles. The number of thiophene rings is 1. The minimum Gasteiger partial charge on any atom is -0.442 e. The first-order valence-corrected chi connectivity index (χ1v) is 6.69. The Hall–Kier alpha value is -0.630. The monoisotopic (exact) mass is 350 g/mol. The van der Waals surface area contributed by atoms with Crippen molar-refractivity contribution in [1.82, 2.24) is 9.78 Å². The molecule has 0 spiro atoms. The summed E-state index contributed by atoms with van der Waals surface area (Å²) in [5.41, 5.74) is 0.306. The number of carbonyl (C=O) groups is 1. The van der Waals surface area contributed by atoms with Crippen molar-refractivity contribution in [2.24, 2.45) is 0 Å². The summed E-state index contributed by atoms with van der Waals surface area (Å²) in [5, 5.41) is 6.11. The van der Waals surface area contributed by atoms with E-state index in [9.17, 15) is 4.79 Å². The maximum absolute atomic E-state index is 11.9. The number of fused-ring (bicyclic) bond motifs is 1. The van der Waals surface area contributed by atoms with E-state index in [2.05, 4.69) is 27.7 Å². The van der Waals surface area contributed by atoms with Gasteiger partial charge in [-0.1, -0.05) is 0 Å². The third-order valence-corrected chi connectivity index (χ3v) is 3.85.